The van der Waals surface area contributed by atoms with Gasteiger partial charge >= 0.3 is 0 Å². The number of halogens is 1. The molecular formula is C16H17ClN4O3. The van der Waals surface area contributed by atoms with Gasteiger partial charge in [-0.05, 0) is 12.1 Å². The van der Waals surface area contributed by atoms with Crippen molar-refractivity contribution in [3.63, 3.8) is 0 Å². The van der Waals surface area contributed by atoms with Crippen molar-refractivity contribution in [1.82, 2.24) is 19.9 Å². The monoisotopic (exact) mass is 348 g/mol. The van der Waals surface area contributed by atoms with Gasteiger partial charge in [-0.2, -0.15) is 0 Å². The van der Waals surface area contributed by atoms with Crippen LogP contribution in [0.4, 0.5) is 0 Å². The minimum absolute atomic E-state index is 0.0671. The molecule has 0 spiro atoms. The first-order valence-corrected chi connectivity index (χ1v) is 7.90. The summed E-state index contributed by atoms with van der Waals surface area (Å²) in [6.07, 6.45) is 7.77. The number of morpholine rings is 1. The van der Waals surface area contributed by atoms with E-state index in [0.717, 1.165) is 5.69 Å². The smallest absolute Gasteiger partial charge is 0.246 e. The van der Waals surface area contributed by atoms with Gasteiger partial charge in [0.05, 0.1) is 36.4 Å². The number of pyridine rings is 1. The molecule has 1 N–H and O–H groups in total. The molecule has 2 aromatic rings. The fraction of sp³-hybridized carbons (Fsp3) is 0.312. The van der Waals surface area contributed by atoms with E-state index >= 15 is 0 Å². The number of ether oxygens (including phenoxy) is 2. The number of carbonyl (C=O) groups is 1. The summed E-state index contributed by atoms with van der Waals surface area (Å²) in [6.45, 7) is 1.83. The third-order valence-corrected chi connectivity index (χ3v) is 3.72. The molecule has 0 radical (unpaired) electrons. The molecule has 0 saturated carbocycles. The van der Waals surface area contributed by atoms with Crippen LogP contribution in [0.25, 0.3) is 6.08 Å². The molecule has 0 aliphatic carbocycles. The summed E-state index contributed by atoms with van der Waals surface area (Å²) in [7, 11) is 0. The molecule has 1 aliphatic heterocycles. The lowest BCUT2D eigenvalue weighted by Crippen LogP contribution is -2.47. The van der Waals surface area contributed by atoms with Crippen LogP contribution in [-0.2, 0) is 9.53 Å². The molecule has 2 aromatic heterocycles. The van der Waals surface area contributed by atoms with Crippen LogP contribution in [0.1, 0.15) is 5.69 Å². The molecule has 1 aliphatic rings. The average Bonchev–Trinajstić information content (AvgIpc) is 3.13. The number of nitrogens with one attached hydrogen (secondary N) is 1. The van der Waals surface area contributed by atoms with E-state index in [1.54, 1.807) is 35.6 Å². The molecule has 3 rings (SSSR count). The van der Waals surface area contributed by atoms with E-state index in [1.165, 1.54) is 12.3 Å². The molecule has 1 fully saturated rings. The van der Waals surface area contributed by atoms with Crippen LogP contribution in [0, 0.1) is 0 Å². The summed E-state index contributed by atoms with van der Waals surface area (Å²) in [5.41, 5.74) is 0.783. The predicted molar refractivity (Wildman–Crippen MR) is 88.7 cm³/mol. The summed E-state index contributed by atoms with van der Waals surface area (Å²) in [4.78, 5) is 24.8. The second kappa shape index (κ2) is 7.94. The van der Waals surface area contributed by atoms with Crippen LogP contribution >= 0.6 is 11.6 Å². The third kappa shape index (κ3) is 4.56. The van der Waals surface area contributed by atoms with Gasteiger partial charge < -0.3 is 19.4 Å². The molecule has 8 heteroatoms. The zero-order valence-electron chi connectivity index (χ0n) is 12.9. The SMILES string of the molecule is O=C(/C=C/c1cnc[nH]1)N1CCOC(COc2ccc(Cl)cn2)C1. The Morgan fingerprint density at radius 1 is 1.50 bits per heavy atom. The Morgan fingerprint density at radius 3 is 3.17 bits per heavy atom. The van der Waals surface area contributed by atoms with Crippen LogP contribution in [0.15, 0.2) is 36.9 Å². The van der Waals surface area contributed by atoms with Crippen molar-refractivity contribution in [3.8, 4) is 5.88 Å². The summed E-state index contributed by atoms with van der Waals surface area (Å²) >= 11 is 5.78. The Bertz CT molecular complexity index is 688. The maximum Gasteiger partial charge on any atom is 0.246 e. The molecule has 7 nitrogen and oxygen atoms in total. The van der Waals surface area contributed by atoms with Crippen LogP contribution in [0.2, 0.25) is 5.02 Å². The fourth-order valence-corrected chi connectivity index (χ4v) is 2.38. The zero-order chi connectivity index (χ0) is 16.8. The van der Waals surface area contributed by atoms with Crippen LogP contribution in [0.5, 0.6) is 5.88 Å². The van der Waals surface area contributed by atoms with Gasteiger partial charge in [0, 0.05) is 24.9 Å². The number of aromatic nitrogens is 3. The van der Waals surface area contributed by atoms with Crippen molar-refractivity contribution in [2.24, 2.45) is 0 Å². The summed E-state index contributed by atoms with van der Waals surface area (Å²) in [5, 5.41) is 0.553. The van der Waals surface area contributed by atoms with Gasteiger partial charge in [0.25, 0.3) is 0 Å². The van der Waals surface area contributed by atoms with E-state index in [4.69, 9.17) is 21.1 Å². The van der Waals surface area contributed by atoms with E-state index in [0.29, 0.717) is 37.2 Å². The number of imidazole rings is 1. The molecule has 126 valence electrons. The van der Waals surface area contributed by atoms with Crippen molar-refractivity contribution in [2.45, 2.75) is 6.10 Å². The molecule has 1 unspecified atom stereocenters. The second-order valence-electron chi connectivity index (χ2n) is 5.24. The number of rotatable bonds is 5. The summed E-state index contributed by atoms with van der Waals surface area (Å²) < 4.78 is 11.2. The highest BCUT2D eigenvalue weighted by Gasteiger charge is 2.23. The van der Waals surface area contributed by atoms with Crippen molar-refractivity contribution in [1.29, 1.82) is 0 Å². The first-order valence-electron chi connectivity index (χ1n) is 7.52. The number of hydrogen-bond donors (Lipinski definition) is 1. The topological polar surface area (TPSA) is 80.3 Å². The number of nitrogens with zero attached hydrogens (tertiary/aromatic N) is 3. The quantitative estimate of drug-likeness (QED) is 0.833. The Morgan fingerprint density at radius 2 is 2.42 bits per heavy atom. The van der Waals surface area contributed by atoms with Crippen molar-refractivity contribution < 1.29 is 14.3 Å². The van der Waals surface area contributed by atoms with Gasteiger partial charge in [-0.3, -0.25) is 4.79 Å². The average molecular weight is 349 g/mol. The molecule has 1 atom stereocenters. The van der Waals surface area contributed by atoms with Crippen LogP contribution in [0.3, 0.4) is 0 Å². The van der Waals surface area contributed by atoms with E-state index in [-0.39, 0.29) is 12.0 Å². The van der Waals surface area contributed by atoms with Gasteiger partial charge in [-0.25, -0.2) is 9.97 Å². The summed E-state index contributed by atoms with van der Waals surface area (Å²) in [5.74, 6) is 0.410. The second-order valence-corrected chi connectivity index (χ2v) is 5.68. The van der Waals surface area contributed by atoms with Gasteiger partial charge in [-0.15, -0.1) is 0 Å². The van der Waals surface area contributed by atoms with Crippen molar-refractivity contribution in [2.75, 3.05) is 26.3 Å². The zero-order valence-corrected chi connectivity index (χ0v) is 13.6. The highest BCUT2D eigenvalue weighted by molar-refractivity contribution is 6.30. The highest BCUT2D eigenvalue weighted by Crippen LogP contribution is 2.13. The Labute approximate surface area is 144 Å². The predicted octanol–water partition coefficient (Wildman–Crippen LogP) is 1.78. The minimum Gasteiger partial charge on any atom is -0.475 e. The Kier molecular flexibility index (Phi) is 5.45. The normalized spacial score (nSPS) is 18.0. The van der Waals surface area contributed by atoms with Gasteiger partial charge in [0.1, 0.15) is 12.7 Å². The maximum absolute atomic E-state index is 12.2. The first-order chi connectivity index (χ1) is 11.7. The minimum atomic E-state index is -0.194. The van der Waals surface area contributed by atoms with E-state index in [1.807, 2.05) is 0 Å². The van der Waals surface area contributed by atoms with E-state index in [2.05, 4.69) is 15.0 Å². The lowest BCUT2D eigenvalue weighted by Gasteiger charge is -2.32. The number of amides is 1. The van der Waals surface area contributed by atoms with Crippen molar-refractivity contribution in [3.05, 3.63) is 47.6 Å². The van der Waals surface area contributed by atoms with E-state index < -0.39 is 0 Å². The Balaban J connectivity index is 1.50. The molecule has 24 heavy (non-hydrogen) atoms. The van der Waals surface area contributed by atoms with Gasteiger partial charge in [0.15, 0.2) is 0 Å². The number of hydrogen-bond acceptors (Lipinski definition) is 5. The lowest BCUT2D eigenvalue weighted by molar-refractivity contribution is -0.134. The number of carbonyl (C=O) groups excluding carboxylic acids is 1. The fourth-order valence-electron chi connectivity index (χ4n) is 2.27. The lowest BCUT2D eigenvalue weighted by atomic mass is 10.2. The van der Waals surface area contributed by atoms with E-state index in [9.17, 15) is 4.79 Å². The van der Waals surface area contributed by atoms with Crippen LogP contribution < -0.4 is 4.74 Å². The molecule has 3 heterocycles. The molecule has 0 aromatic carbocycles. The van der Waals surface area contributed by atoms with Gasteiger partial charge in [0.2, 0.25) is 11.8 Å². The standard InChI is InChI=1S/C16H17ClN4O3/c17-12-1-3-15(19-7-12)24-10-14-9-21(5-6-23-14)16(22)4-2-13-8-18-11-20-13/h1-4,7-8,11,14H,5-6,9-10H2,(H,18,20)/b4-2+. The number of aromatic amines is 1. The largest absolute Gasteiger partial charge is 0.475 e. The Hall–Kier alpha value is -2.38. The third-order valence-electron chi connectivity index (χ3n) is 3.49. The van der Waals surface area contributed by atoms with Gasteiger partial charge in [-0.1, -0.05) is 11.6 Å². The molecule has 1 saturated heterocycles. The van der Waals surface area contributed by atoms with Crippen LogP contribution in [-0.4, -0.2) is 58.2 Å². The highest BCUT2D eigenvalue weighted by atomic mass is 35.5. The first kappa shape index (κ1) is 16.5. The molecule has 0 bridgehead atoms. The molecule has 1 amide bonds. The maximum atomic E-state index is 12.2. The number of H-pyrrole nitrogens is 1. The molecular weight excluding hydrogens is 332 g/mol. The summed E-state index contributed by atoms with van der Waals surface area (Å²) in [6, 6.07) is 3.41. The van der Waals surface area contributed by atoms with Crippen molar-refractivity contribution >= 4 is 23.6 Å².